The second-order valence-corrected chi connectivity index (χ2v) is 10.6. The molecule has 6 rings (SSSR count). The normalized spacial score (nSPS) is 12.9. The van der Waals surface area contributed by atoms with Crippen molar-refractivity contribution in [2.24, 2.45) is 0 Å². The lowest BCUT2D eigenvalue weighted by molar-refractivity contribution is 0.0827. The standard InChI is InChI=1S/C32H30FN9O4/c1-41(2)30(43)19-4-6-22(7-5-19)37-31(44)38-23-8-9-24(25(33)15-23)28-39-26-14-20(21-17-35-32(45-3)36-18-21)16-34-27(26)29(40-28)42-10-12-46-13-11-42/h4-9,14-18H,10-13H2,1-3H3,(H2,37,38,44). The van der Waals surface area contributed by atoms with Crippen LogP contribution in [0.25, 0.3) is 33.5 Å². The van der Waals surface area contributed by atoms with Crippen LogP contribution < -0.4 is 20.3 Å². The van der Waals surface area contributed by atoms with E-state index in [0.717, 1.165) is 5.56 Å². The molecule has 3 aromatic heterocycles. The fourth-order valence-electron chi connectivity index (χ4n) is 4.87. The first-order valence-corrected chi connectivity index (χ1v) is 14.4. The van der Waals surface area contributed by atoms with Gasteiger partial charge in [0.25, 0.3) is 5.91 Å². The number of amides is 3. The maximum Gasteiger partial charge on any atom is 0.323 e. The Bertz CT molecular complexity index is 1900. The number of carbonyl (C=O) groups excluding carboxylic acids is 2. The van der Waals surface area contributed by atoms with Gasteiger partial charge >= 0.3 is 12.0 Å². The van der Waals surface area contributed by atoms with Gasteiger partial charge < -0.3 is 29.9 Å². The van der Waals surface area contributed by atoms with Gasteiger partial charge in [-0.1, -0.05) is 0 Å². The molecular formula is C32H30FN9O4. The molecule has 0 atom stereocenters. The molecular weight excluding hydrogens is 593 g/mol. The summed E-state index contributed by atoms with van der Waals surface area (Å²) in [6.45, 7) is 2.24. The molecule has 13 nitrogen and oxygen atoms in total. The van der Waals surface area contributed by atoms with E-state index in [2.05, 4.69) is 25.6 Å². The molecule has 3 amide bonds. The van der Waals surface area contributed by atoms with Crippen molar-refractivity contribution in [1.82, 2.24) is 29.8 Å². The van der Waals surface area contributed by atoms with Crippen molar-refractivity contribution in [2.45, 2.75) is 0 Å². The largest absolute Gasteiger partial charge is 0.467 e. The highest BCUT2D eigenvalue weighted by atomic mass is 19.1. The first kappa shape index (κ1) is 30.3. The van der Waals surface area contributed by atoms with Crippen LogP contribution in [0.4, 0.5) is 26.4 Å². The summed E-state index contributed by atoms with van der Waals surface area (Å²) < 4.78 is 26.2. The maximum absolute atomic E-state index is 15.6. The van der Waals surface area contributed by atoms with Crippen LogP contribution in [-0.4, -0.2) is 89.3 Å². The molecule has 4 heterocycles. The van der Waals surface area contributed by atoms with Gasteiger partial charge in [0.1, 0.15) is 11.3 Å². The third kappa shape index (κ3) is 6.51. The number of methoxy groups -OCH3 is 1. The molecule has 1 saturated heterocycles. The van der Waals surface area contributed by atoms with E-state index in [1.807, 2.05) is 11.0 Å². The predicted molar refractivity (Wildman–Crippen MR) is 170 cm³/mol. The molecule has 0 radical (unpaired) electrons. The Morgan fingerprint density at radius 3 is 2.24 bits per heavy atom. The Labute approximate surface area is 263 Å². The smallest absolute Gasteiger partial charge is 0.323 e. The van der Waals surface area contributed by atoms with Crippen LogP contribution in [0.15, 0.2) is 67.1 Å². The maximum atomic E-state index is 15.6. The zero-order valence-corrected chi connectivity index (χ0v) is 25.3. The summed E-state index contributed by atoms with van der Waals surface area (Å²) in [7, 11) is 4.81. The van der Waals surface area contributed by atoms with E-state index in [4.69, 9.17) is 19.4 Å². The molecule has 1 aliphatic rings. The molecule has 0 aliphatic carbocycles. The quantitative estimate of drug-likeness (QED) is 0.266. The Kier molecular flexibility index (Phi) is 8.61. The van der Waals surface area contributed by atoms with Crippen LogP contribution in [0.2, 0.25) is 0 Å². The van der Waals surface area contributed by atoms with E-state index in [1.165, 1.54) is 24.1 Å². The number of fused-ring (bicyclic) bond motifs is 1. The number of hydrogen-bond acceptors (Lipinski definition) is 10. The minimum absolute atomic E-state index is 0.150. The SMILES string of the molecule is COc1ncc(-c2cnc3c(N4CCOCC4)nc(-c4ccc(NC(=O)Nc5ccc(C(=O)N(C)C)cc5)cc4F)nc3c2)cn1. The molecule has 0 saturated carbocycles. The summed E-state index contributed by atoms with van der Waals surface area (Å²) in [4.78, 5) is 50.7. The summed E-state index contributed by atoms with van der Waals surface area (Å²) in [5.41, 5.74) is 3.86. The summed E-state index contributed by atoms with van der Waals surface area (Å²) in [5.74, 6) is -0.0354. The summed E-state index contributed by atoms with van der Waals surface area (Å²) in [6.07, 6.45) is 4.95. The number of benzene rings is 2. The van der Waals surface area contributed by atoms with E-state index >= 15 is 4.39 Å². The van der Waals surface area contributed by atoms with E-state index in [-0.39, 0.29) is 29.0 Å². The van der Waals surface area contributed by atoms with Gasteiger partial charge in [-0.15, -0.1) is 0 Å². The number of morpholine rings is 1. The number of urea groups is 1. The number of anilines is 3. The highest BCUT2D eigenvalue weighted by Gasteiger charge is 2.21. The second kappa shape index (κ2) is 13.1. The number of rotatable bonds is 7. The third-order valence-corrected chi connectivity index (χ3v) is 7.24. The number of halogens is 1. The number of carbonyl (C=O) groups is 2. The minimum atomic E-state index is -0.621. The topological polar surface area (TPSA) is 148 Å². The van der Waals surface area contributed by atoms with Crippen molar-refractivity contribution in [3.05, 3.63) is 78.5 Å². The molecule has 1 aliphatic heterocycles. The average Bonchev–Trinajstić information content (AvgIpc) is 3.08. The zero-order valence-electron chi connectivity index (χ0n) is 25.3. The van der Waals surface area contributed by atoms with Crippen molar-refractivity contribution in [3.63, 3.8) is 0 Å². The van der Waals surface area contributed by atoms with Gasteiger partial charge in [0, 0.05) is 73.8 Å². The lowest BCUT2D eigenvalue weighted by Crippen LogP contribution is -2.37. The van der Waals surface area contributed by atoms with E-state index in [0.29, 0.717) is 60.0 Å². The molecule has 46 heavy (non-hydrogen) atoms. The Hall–Kier alpha value is -5.76. The summed E-state index contributed by atoms with van der Waals surface area (Å²) in [5, 5.41) is 5.31. The van der Waals surface area contributed by atoms with Gasteiger partial charge in [-0.2, -0.15) is 0 Å². The van der Waals surface area contributed by atoms with Gasteiger partial charge in [-0.25, -0.2) is 29.1 Å². The lowest BCUT2D eigenvalue weighted by Gasteiger charge is -2.28. The molecule has 0 unspecified atom stereocenters. The Balaban J connectivity index is 1.27. The van der Waals surface area contributed by atoms with Crippen LogP contribution in [0.1, 0.15) is 10.4 Å². The summed E-state index contributed by atoms with van der Waals surface area (Å²) in [6, 6.07) is 12.3. The van der Waals surface area contributed by atoms with Crippen LogP contribution in [0.5, 0.6) is 6.01 Å². The Morgan fingerprint density at radius 2 is 1.57 bits per heavy atom. The van der Waals surface area contributed by atoms with Gasteiger partial charge in [0.15, 0.2) is 11.6 Å². The molecule has 0 bridgehead atoms. The summed E-state index contributed by atoms with van der Waals surface area (Å²) >= 11 is 0. The fraction of sp³-hybridized carbons (Fsp3) is 0.219. The number of hydrogen-bond donors (Lipinski definition) is 2. The van der Waals surface area contributed by atoms with Gasteiger partial charge in [0.05, 0.1) is 31.4 Å². The molecule has 0 spiro atoms. The van der Waals surface area contributed by atoms with Crippen molar-refractivity contribution >= 4 is 40.2 Å². The van der Waals surface area contributed by atoms with Crippen molar-refractivity contribution in [1.29, 1.82) is 0 Å². The number of pyridine rings is 1. The number of nitrogens with zero attached hydrogens (tertiary/aromatic N) is 7. The highest BCUT2D eigenvalue weighted by Crippen LogP contribution is 2.31. The van der Waals surface area contributed by atoms with Gasteiger partial charge in [-0.3, -0.25) is 9.78 Å². The van der Waals surface area contributed by atoms with Crippen LogP contribution in [0.3, 0.4) is 0 Å². The van der Waals surface area contributed by atoms with Gasteiger partial charge in [0.2, 0.25) is 0 Å². The predicted octanol–water partition coefficient (Wildman–Crippen LogP) is 4.48. The molecule has 2 N–H and O–H groups in total. The lowest BCUT2D eigenvalue weighted by atomic mass is 10.1. The zero-order chi connectivity index (χ0) is 32.2. The number of aromatic nitrogens is 5. The van der Waals surface area contributed by atoms with Crippen molar-refractivity contribution in [2.75, 3.05) is 63.0 Å². The number of ether oxygens (including phenoxy) is 2. The van der Waals surface area contributed by atoms with Crippen LogP contribution in [-0.2, 0) is 4.74 Å². The first-order valence-electron chi connectivity index (χ1n) is 14.4. The molecule has 14 heteroatoms. The van der Waals surface area contributed by atoms with Crippen LogP contribution >= 0.6 is 0 Å². The molecule has 5 aromatic rings. The third-order valence-electron chi connectivity index (χ3n) is 7.24. The number of nitrogens with one attached hydrogen (secondary N) is 2. The molecule has 1 fully saturated rings. The molecule has 234 valence electrons. The van der Waals surface area contributed by atoms with E-state index in [9.17, 15) is 9.59 Å². The van der Waals surface area contributed by atoms with E-state index < -0.39 is 11.8 Å². The minimum Gasteiger partial charge on any atom is -0.467 e. The first-order chi connectivity index (χ1) is 22.3. The van der Waals surface area contributed by atoms with Gasteiger partial charge in [-0.05, 0) is 48.5 Å². The second-order valence-electron chi connectivity index (χ2n) is 10.6. The fourth-order valence-corrected chi connectivity index (χ4v) is 4.87. The monoisotopic (exact) mass is 623 g/mol. The van der Waals surface area contributed by atoms with E-state index in [1.54, 1.807) is 63.0 Å². The van der Waals surface area contributed by atoms with Crippen molar-refractivity contribution in [3.8, 4) is 28.5 Å². The van der Waals surface area contributed by atoms with Crippen LogP contribution in [0, 0.1) is 5.82 Å². The van der Waals surface area contributed by atoms with Crippen molar-refractivity contribution < 1.29 is 23.5 Å². The highest BCUT2D eigenvalue weighted by molar-refractivity contribution is 6.00. The molecule has 2 aromatic carbocycles. The average molecular weight is 624 g/mol. The Morgan fingerprint density at radius 1 is 0.891 bits per heavy atom.